The van der Waals surface area contributed by atoms with Crippen molar-refractivity contribution in [3.05, 3.63) is 70.4 Å². The van der Waals surface area contributed by atoms with Gasteiger partial charge in [0.1, 0.15) is 5.69 Å². The first-order valence-electron chi connectivity index (χ1n) is 7.44. The Hall–Kier alpha value is -2.68. The molecule has 0 spiro atoms. The molecule has 0 amide bonds. The minimum Gasteiger partial charge on any atom is -0.337 e. The molecule has 0 fully saturated rings. The van der Waals surface area contributed by atoms with Crippen LogP contribution >= 0.6 is 0 Å². The van der Waals surface area contributed by atoms with Crippen molar-refractivity contribution in [2.75, 3.05) is 0 Å². The summed E-state index contributed by atoms with van der Waals surface area (Å²) < 4.78 is 1.97. The lowest BCUT2D eigenvalue weighted by atomic mass is 9.87. The number of fused-ring (bicyclic) bond motifs is 4. The van der Waals surface area contributed by atoms with E-state index in [1.165, 1.54) is 0 Å². The molecule has 0 saturated heterocycles. The molecule has 0 bridgehead atoms. The molecule has 0 radical (unpaired) electrons. The van der Waals surface area contributed by atoms with Crippen LogP contribution in [-0.2, 0) is 6.54 Å². The Kier molecular flexibility index (Phi) is 2.61. The standard InChI is InChI=1S/C19H15NO2/c1-3-20-15-10-11(2)8-9-14(15)16-17(20)19(22)13-7-5-4-6-12(13)18(16)21/h4-10H,3H2,1-2H3. The van der Waals surface area contributed by atoms with Gasteiger partial charge in [0.05, 0.1) is 5.56 Å². The normalized spacial score (nSPS) is 13.4. The first-order chi connectivity index (χ1) is 10.6. The maximum absolute atomic E-state index is 12.9. The van der Waals surface area contributed by atoms with Crippen LogP contribution in [0.25, 0.3) is 10.9 Å². The Balaban J connectivity index is 2.17. The van der Waals surface area contributed by atoms with Gasteiger partial charge in [-0.05, 0) is 25.5 Å². The predicted octanol–water partition coefficient (Wildman–Crippen LogP) is 3.75. The zero-order valence-corrected chi connectivity index (χ0v) is 12.5. The van der Waals surface area contributed by atoms with E-state index in [4.69, 9.17) is 0 Å². The number of aromatic nitrogens is 1. The Bertz CT molecular complexity index is 963. The van der Waals surface area contributed by atoms with Gasteiger partial charge in [0, 0.05) is 28.6 Å². The predicted molar refractivity (Wildman–Crippen MR) is 85.7 cm³/mol. The van der Waals surface area contributed by atoms with Crippen LogP contribution in [0.1, 0.15) is 44.5 Å². The maximum Gasteiger partial charge on any atom is 0.210 e. The minimum absolute atomic E-state index is 0.0498. The summed E-state index contributed by atoms with van der Waals surface area (Å²) in [4.78, 5) is 25.8. The highest BCUT2D eigenvalue weighted by Gasteiger charge is 2.34. The molecule has 0 aliphatic heterocycles. The molecule has 1 aromatic heterocycles. The summed E-state index contributed by atoms with van der Waals surface area (Å²) in [6.07, 6.45) is 0. The Morgan fingerprint density at radius 3 is 2.32 bits per heavy atom. The van der Waals surface area contributed by atoms with Gasteiger partial charge in [-0.2, -0.15) is 0 Å². The molecule has 1 aliphatic carbocycles. The summed E-state index contributed by atoms with van der Waals surface area (Å²) >= 11 is 0. The van der Waals surface area contributed by atoms with Gasteiger partial charge in [-0.25, -0.2) is 0 Å². The van der Waals surface area contributed by atoms with Gasteiger partial charge in [-0.1, -0.05) is 36.4 Å². The third-order valence-corrected chi connectivity index (χ3v) is 4.39. The van der Waals surface area contributed by atoms with Gasteiger partial charge in [0.25, 0.3) is 0 Å². The zero-order valence-electron chi connectivity index (χ0n) is 12.5. The summed E-state index contributed by atoms with van der Waals surface area (Å²) in [5, 5.41) is 0.871. The van der Waals surface area contributed by atoms with Crippen molar-refractivity contribution in [3.8, 4) is 0 Å². The Morgan fingerprint density at radius 1 is 0.955 bits per heavy atom. The number of carbonyl (C=O) groups excluding carboxylic acids is 2. The van der Waals surface area contributed by atoms with Crippen LogP contribution in [0, 0.1) is 6.92 Å². The summed E-state index contributed by atoms with van der Waals surface area (Å²) in [5.41, 5.74) is 4.19. The van der Waals surface area contributed by atoms with E-state index in [0.29, 0.717) is 28.9 Å². The van der Waals surface area contributed by atoms with Gasteiger partial charge in [-0.3, -0.25) is 9.59 Å². The second-order valence-electron chi connectivity index (χ2n) is 5.69. The number of benzene rings is 2. The van der Waals surface area contributed by atoms with Gasteiger partial charge in [0.2, 0.25) is 5.78 Å². The van der Waals surface area contributed by atoms with Crippen LogP contribution in [0.2, 0.25) is 0 Å². The molecule has 1 heterocycles. The van der Waals surface area contributed by atoms with Crippen LogP contribution in [0.15, 0.2) is 42.5 Å². The number of carbonyl (C=O) groups is 2. The van der Waals surface area contributed by atoms with Crippen molar-refractivity contribution in [2.45, 2.75) is 20.4 Å². The molecule has 1 aliphatic rings. The summed E-state index contributed by atoms with van der Waals surface area (Å²) in [5.74, 6) is -0.104. The molecule has 0 saturated carbocycles. The highest BCUT2D eigenvalue weighted by molar-refractivity contribution is 6.32. The van der Waals surface area contributed by atoms with Crippen molar-refractivity contribution in [1.82, 2.24) is 4.57 Å². The second kappa shape index (κ2) is 4.41. The first-order valence-corrected chi connectivity index (χ1v) is 7.44. The van der Waals surface area contributed by atoms with Crippen molar-refractivity contribution in [1.29, 1.82) is 0 Å². The van der Waals surface area contributed by atoms with Crippen LogP contribution < -0.4 is 0 Å². The molecular formula is C19H15NO2. The SMILES string of the molecule is CCn1c2c(c3ccc(C)cc31)C(=O)c1ccccc1C2=O. The van der Waals surface area contributed by atoms with Crippen LogP contribution in [-0.4, -0.2) is 16.1 Å². The lowest BCUT2D eigenvalue weighted by Crippen LogP contribution is -2.22. The zero-order chi connectivity index (χ0) is 15.4. The number of nitrogens with zero attached hydrogens (tertiary/aromatic N) is 1. The Morgan fingerprint density at radius 2 is 1.64 bits per heavy atom. The van der Waals surface area contributed by atoms with Gasteiger partial charge >= 0.3 is 0 Å². The van der Waals surface area contributed by atoms with Crippen molar-refractivity contribution in [3.63, 3.8) is 0 Å². The third kappa shape index (κ3) is 1.51. The average molecular weight is 289 g/mol. The summed E-state index contributed by atoms with van der Waals surface area (Å²) in [6, 6.07) is 13.1. The van der Waals surface area contributed by atoms with E-state index < -0.39 is 0 Å². The molecule has 3 aromatic rings. The average Bonchev–Trinajstić information content (AvgIpc) is 2.86. The topological polar surface area (TPSA) is 39.1 Å². The first kappa shape index (κ1) is 13.0. The molecule has 0 unspecified atom stereocenters. The van der Waals surface area contributed by atoms with Crippen LogP contribution in [0.4, 0.5) is 0 Å². The fraction of sp³-hybridized carbons (Fsp3) is 0.158. The fourth-order valence-corrected chi connectivity index (χ4v) is 3.40. The number of ketones is 2. The van der Waals surface area contributed by atoms with E-state index >= 15 is 0 Å². The smallest absolute Gasteiger partial charge is 0.210 e. The van der Waals surface area contributed by atoms with E-state index in [0.717, 1.165) is 16.5 Å². The summed E-state index contributed by atoms with van der Waals surface area (Å²) in [6.45, 7) is 4.68. The largest absolute Gasteiger partial charge is 0.337 e. The molecular weight excluding hydrogens is 274 g/mol. The van der Waals surface area contributed by atoms with E-state index in [2.05, 4.69) is 0 Å². The molecule has 3 heteroatoms. The van der Waals surface area contributed by atoms with Crippen LogP contribution in [0.5, 0.6) is 0 Å². The quantitative estimate of drug-likeness (QED) is 0.535. The van der Waals surface area contributed by atoms with E-state index in [9.17, 15) is 9.59 Å². The highest BCUT2D eigenvalue weighted by Crippen LogP contribution is 2.35. The molecule has 22 heavy (non-hydrogen) atoms. The molecule has 108 valence electrons. The fourth-order valence-electron chi connectivity index (χ4n) is 3.40. The lowest BCUT2D eigenvalue weighted by Gasteiger charge is -2.16. The van der Waals surface area contributed by atoms with Crippen molar-refractivity contribution >= 4 is 22.5 Å². The van der Waals surface area contributed by atoms with Gasteiger partial charge < -0.3 is 4.57 Å². The second-order valence-corrected chi connectivity index (χ2v) is 5.69. The van der Waals surface area contributed by atoms with E-state index in [-0.39, 0.29) is 11.6 Å². The number of rotatable bonds is 1. The number of hydrogen-bond acceptors (Lipinski definition) is 2. The molecule has 3 nitrogen and oxygen atoms in total. The monoisotopic (exact) mass is 289 g/mol. The molecule has 0 atom stereocenters. The lowest BCUT2D eigenvalue weighted by molar-refractivity contribution is 0.0974. The van der Waals surface area contributed by atoms with Gasteiger partial charge in [0.15, 0.2) is 5.78 Å². The third-order valence-electron chi connectivity index (χ3n) is 4.39. The minimum atomic E-state index is -0.0547. The molecule has 2 aromatic carbocycles. The van der Waals surface area contributed by atoms with E-state index in [1.807, 2.05) is 36.6 Å². The highest BCUT2D eigenvalue weighted by atomic mass is 16.1. The van der Waals surface area contributed by atoms with E-state index in [1.54, 1.807) is 24.3 Å². The van der Waals surface area contributed by atoms with Gasteiger partial charge in [-0.15, -0.1) is 0 Å². The Labute approximate surface area is 128 Å². The molecule has 0 N–H and O–H groups in total. The molecule has 4 rings (SSSR count). The maximum atomic E-state index is 12.9. The number of hydrogen-bond donors (Lipinski definition) is 0. The number of aryl methyl sites for hydroxylation is 2. The van der Waals surface area contributed by atoms with Crippen molar-refractivity contribution < 1.29 is 9.59 Å². The van der Waals surface area contributed by atoms with Crippen LogP contribution in [0.3, 0.4) is 0 Å². The summed E-state index contributed by atoms with van der Waals surface area (Å²) in [7, 11) is 0. The van der Waals surface area contributed by atoms with Crippen molar-refractivity contribution in [2.24, 2.45) is 0 Å².